The van der Waals surface area contributed by atoms with E-state index in [4.69, 9.17) is 10.5 Å². The second kappa shape index (κ2) is 4.88. The van der Waals surface area contributed by atoms with Crippen molar-refractivity contribution in [1.82, 2.24) is 5.32 Å². The second-order valence-electron chi connectivity index (χ2n) is 4.66. The highest BCUT2D eigenvalue weighted by Gasteiger charge is 2.13. The molecule has 0 saturated heterocycles. The van der Waals surface area contributed by atoms with Crippen LogP contribution in [0.4, 0.5) is 5.69 Å². The Kier molecular flexibility index (Phi) is 3.77. The van der Waals surface area contributed by atoms with Crippen LogP contribution in [0.2, 0.25) is 0 Å². The predicted molar refractivity (Wildman–Crippen MR) is 64.2 cm³/mol. The Morgan fingerprint density at radius 3 is 2.69 bits per heavy atom. The number of ether oxygens (including phenoxy) is 1. The van der Waals surface area contributed by atoms with Crippen LogP contribution in [-0.2, 0) is 4.79 Å². The van der Waals surface area contributed by atoms with Crippen LogP contribution in [-0.4, -0.2) is 18.1 Å². The zero-order chi connectivity index (χ0) is 12.2. The van der Waals surface area contributed by atoms with Crippen molar-refractivity contribution < 1.29 is 9.53 Å². The molecule has 1 amide bonds. The molecular formula is C12H18N2O2. The van der Waals surface area contributed by atoms with E-state index in [2.05, 4.69) is 5.32 Å². The fraction of sp³-hybridized carbons (Fsp3) is 0.417. The third kappa shape index (κ3) is 4.68. The van der Waals surface area contributed by atoms with E-state index in [1.165, 1.54) is 0 Å². The topological polar surface area (TPSA) is 64.3 Å². The molecule has 0 unspecified atom stereocenters. The molecule has 0 atom stereocenters. The van der Waals surface area contributed by atoms with Gasteiger partial charge in [0, 0.05) is 17.3 Å². The Morgan fingerprint density at radius 1 is 1.44 bits per heavy atom. The number of nitrogens with two attached hydrogens (primary N) is 1. The molecule has 0 bridgehead atoms. The normalized spacial score (nSPS) is 10.9. The third-order valence-corrected chi connectivity index (χ3v) is 1.74. The summed E-state index contributed by atoms with van der Waals surface area (Å²) in [5, 5.41) is 2.81. The second-order valence-corrected chi connectivity index (χ2v) is 4.66. The number of hydrogen-bond donors (Lipinski definition) is 2. The molecule has 4 nitrogen and oxygen atoms in total. The largest absolute Gasteiger partial charge is 0.484 e. The maximum Gasteiger partial charge on any atom is 0.258 e. The zero-order valence-electron chi connectivity index (χ0n) is 9.91. The Balaban J connectivity index is 2.43. The van der Waals surface area contributed by atoms with Gasteiger partial charge in [0.1, 0.15) is 5.75 Å². The molecule has 1 rings (SSSR count). The van der Waals surface area contributed by atoms with Crippen molar-refractivity contribution in [2.24, 2.45) is 0 Å². The summed E-state index contributed by atoms with van der Waals surface area (Å²) in [6.07, 6.45) is 0. The Morgan fingerprint density at radius 2 is 2.12 bits per heavy atom. The Bertz CT molecular complexity index is 370. The predicted octanol–water partition coefficient (Wildman–Crippen LogP) is 1.56. The first kappa shape index (κ1) is 12.4. The van der Waals surface area contributed by atoms with Gasteiger partial charge in [-0.05, 0) is 32.9 Å². The lowest BCUT2D eigenvalue weighted by molar-refractivity contribution is -0.124. The van der Waals surface area contributed by atoms with Gasteiger partial charge < -0.3 is 15.8 Å². The molecule has 0 saturated carbocycles. The summed E-state index contributed by atoms with van der Waals surface area (Å²) in [7, 11) is 0. The average Bonchev–Trinajstić information content (AvgIpc) is 2.12. The highest BCUT2D eigenvalue weighted by Crippen LogP contribution is 2.14. The molecular weight excluding hydrogens is 204 g/mol. The van der Waals surface area contributed by atoms with Gasteiger partial charge >= 0.3 is 0 Å². The van der Waals surface area contributed by atoms with Gasteiger partial charge in [0.15, 0.2) is 6.61 Å². The number of rotatable bonds is 3. The lowest BCUT2D eigenvalue weighted by Crippen LogP contribution is -2.43. The molecule has 3 N–H and O–H groups in total. The van der Waals surface area contributed by atoms with Crippen molar-refractivity contribution >= 4 is 11.6 Å². The summed E-state index contributed by atoms with van der Waals surface area (Å²) in [5.41, 5.74) is 5.97. The minimum Gasteiger partial charge on any atom is -0.484 e. The number of carbonyl (C=O) groups is 1. The van der Waals surface area contributed by atoms with Crippen molar-refractivity contribution in [3.8, 4) is 5.75 Å². The SMILES string of the molecule is CC(C)(C)NC(=O)COc1cccc(N)c1. The van der Waals surface area contributed by atoms with Crippen molar-refractivity contribution in [3.05, 3.63) is 24.3 Å². The molecule has 1 aromatic rings. The lowest BCUT2D eigenvalue weighted by atomic mass is 10.1. The number of hydrogen-bond acceptors (Lipinski definition) is 3. The molecule has 0 aromatic heterocycles. The molecule has 0 radical (unpaired) electrons. The molecule has 0 fully saturated rings. The van der Waals surface area contributed by atoms with E-state index in [9.17, 15) is 4.79 Å². The molecule has 0 aliphatic heterocycles. The van der Waals surface area contributed by atoms with Crippen molar-refractivity contribution in [2.45, 2.75) is 26.3 Å². The van der Waals surface area contributed by atoms with Crippen molar-refractivity contribution in [3.63, 3.8) is 0 Å². The number of carbonyl (C=O) groups excluding carboxylic acids is 1. The quantitative estimate of drug-likeness (QED) is 0.763. The number of benzene rings is 1. The summed E-state index contributed by atoms with van der Waals surface area (Å²) < 4.78 is 5.30. The molecule has 16 heavy (non-hydrogen) atoms. The first-order valence-electron chi connectivity index (χ1n) is 5.16. The number of nitrogen functional groups attached to an aromatic ring is 1. The minimum atomic E-state index is -0.240. The zero-order valence-corrected chi connectivity index (χ0v) is 9.91. The fourth-order valence-corrected chi connectivity index (χ4v) is 1.21. The maximum absolute atomic E-state index is 11.4. The van der Waals surface area contributed by atoms with Gasteiger partial charge in [-0.15, -0.1) is 0 Å². The molecule has 4 heteroatoms. The van der Waals surface area contributed by atoms with Gasteiger partial charge in [-0.1, -0.05) is 6.07 Å². The van der Waals surface area contributed by atoms with Gasteiger partial charge in [0.05, 0.1) is 0 Å². The smallest absolute Gasteiger partial charge is 0.258 e. The van der Waals surface area contributed by atoms with Crippen LogP contribution < -0.4 is 15.8 Å². The van der Waals surface area contributed by atoms with Crippen LogP contribution in [0.5, 0.6) is 5.75 Å². The van der Waals surface area contributed by atoms with Crippen molar-refractivity contribution in [1.29, 1.82) is 0 Å². The van der Waals surface area contributed by atoms with Gasteiger partial charge in [-0.3, -0.25) is 4.79 Å². The minimum absolute atomic E-state index is 0.000718. The van der Waals surface area contributed by atoms with E-state index in [0.717, 1.165) is 0 Å². The summed E-state index contributed by atoms with van der Waals surface area (Å²) >= 11 is 0. The van der Waals surface area contributed by atoms with Crippen LogP contribution in [0, 0.1) is 0 Å². The van der Waals surface area contributed by atoms with E-state index < -0.39 is 0 Å². The monoisotopic (exact) mass is 222 g/mol. The highest BCUT2D eigenvalue weighted by molar-refractivity contribution is 5.78. The van der Waals surface area contributed by atoms with Gasteiger partial charge in [-0.25, -0.2) is 0 Å². The standard InChI is InChI=1S/C12H18N2O2/c1-12(2,3)14-11(15)8-16-10-6-4-5-9(13)7-10/h4-7H,8,13H2,1-3H3,(H,14,15). The van der Waals surface area contributed by atoms with E-state index >= 15 is 0 Å². The lowest BCUT2D eigenvalue weighted by Gasteiger charge is -2.20. The third-order valence-electron chi connectivity index (χ3n) is 1.74. The molecule has 88 valence electrons. The summed E-state index contributed by atoms with van der Waals surface area (Å²) in [6.45, 7) is 5.77. The molecule has 0 spiro atoms. The molecule has 0 heterocycles. The summed E-state index contributed by atoms with van der Waals surface area (Å²) in [4.78, 5) is 11.4. The fourth-order valence-electron chi connectivity index (χ4n) is 1.21. The summed E-state index contributed by atoms with van der Waals surface area (Å²) in [6, 6.07) is 7.00. The first-order valence-corrected chi connectivity index (χ1v) is 5.16. The summed E-state index contributed by atoms with van der Waals surface area (Å²) in [5.74, 6) is 0.457. The van der Waals surface area contributed by atoms with Crippen LogP contribution in [0.3, 0.4) is 0 Å². The van der Waals surface area contributed by atoms with E-state index in [1.807, 2.05) is 20.8 Å². The van der Waals surface area contributed by atoms with Gasteiger partial charge in [0.25, 0.3) is 5.91 Å². The van der Waals surface area contributed by atoms with Gasteiger partial charge in [-0.2, -0.15) is 0 Å². The number of amides is 1. The maximum atomic E-state index is 11.4. The number of anilines is 1. The van der Waals surface area contributed by atoms with Crippen molar-refractivity contribution in [2.75, 3.05) is 12.3 Å². The van der Waals surface area contributed by atoms with Crippen LogP contribution >= 0.6 is 0 Å². The Hall–Kier alpha value is -1.71. The Labute approximate surface area is 95.8 Å². The van der Waals surface area contributed by atoms with Gasteiger partial charge in [0.2, 0.25) is 0 Å². The van der Waals surface area contributed by atoms with Crippen LogP contribution in [0.25, 0.3) is 0 Å². The van der Waals surface area contributed by atoms with E-state index in [1.54, 1.807) is 24.3 Å². The average molecular weight is 222 g/mol. The highest BCUT2D eigenvalue weighted by atomic mass is 16.5. The molecule has 0 aliphatic rings. The van der Waals surface area contributed by atoms with E-state index in [-0.39, 0.29) is 18.1 Å². The molecule has 1 aromatic carbocycles. The van der Waals surface area contributed by atoms with Crippen LogP contribution in [0.15, 0.2) is 24.3 Å². The molecule has 0 aliphatic carbocycles. The van der Waals surface area contributed by atoms with E-state index in [0.29, 0.717) is 11.4 Å². The first-order chi connectivity index (χ1) is 7.37. The van der Waals surface area contributed by atoms with Crippen LogP contribution in [0.1, 0.15) is 20.8 Å². The number of nitrogens with one attached hydrogen (secondary N) is 1.